The van der Waals surface area contributed by atoms with Crippen LogP contribution in [-0.2, 0) is 28.6 Å². The van der Waals surface area contributed by atoms with Crippen molar-refractivity contribution in [2.75, 3.05) is 41.0 Å². The Morgan fingerprint density at radius 2 is 0.855 bits per heavy atom. The van der Waals surface area contributed by atoms with Crippen molar-refractivity contribution in [2.45, 2.75) is 174 Å². The molecule has 0 aromatic heterocycles. The molecule has 0 aliphatic carbocycles. The third-order valence-electron chi connectivity index (χ3n) is 9.92. The van der Waals surface area contributed by atoms with Crippen LogP contribution in [0, 0.1) is 0 Å². The highest BCUT2D eigenvalue weighted by molar-refractivity contribution is 5.72. The molecule has 0 saturated carbocycles. The Bertz CT molecular complexity index is 1370. The highest BCUT2D eigenvalue weighted by Gasteiger charge is 2.31. The Labute approximate surface area is 378 Å². The van der Waals surface area contributed by atoms with Gasteiger partial charge in [-0.3, -0.25) is 9.59 Å². The standard InChI is InChI=1S/C54H87NO7/c1-6-8-10-12-14-16-18-20-22-24-26-28-30-32-34-36-38-40-42-44-52(56)61-49-50(48-60-47-46-51(54(58)59)55(3,4)5)62-53(57)45-43-41-39-37-35-33-31-29-27-25-23-21-19-17-15-13-11-9-7-2/h8-11,14-17,20-23,26-29,32,34,50-51H,6-7,12-13,18-19,24-25,30-31,33,35-49H2,1-5H3/p+1/b10-8+,11-9+,16-14+,17-15+,22-20+,23-21+,28-26+,29-27+,34-32+. The van der Waals surface area contributed by atoms with E-state index in [4.69, 9.17) is 14.2 Å². The topological polar surface area (TPSA) is 99.1 Å². The lowest BCUT2D eigenvalue weighted by atomic mass is 10.1. The van der Waals surface area contributed by atoms with Crippen LogP contribution in [0.25, 0.3) is 0 Å². The molecule has 0 spiro atoms. The number of rotatable bonds is 41. The first-order valence-corrected chi connectivity index (χ1v) is 23.9. The van der Waals surface area contributed by atoms with Gasteiger partial charge in [0.25, 0.3) is 0 Å². The summed E-state index contributed by atoms with van der Waals surface area (Å²) < 4.78 is 17.3. The zero-order chi connectivity index (χ0) is 45.6. The predicted octanol–water partition coefficient (Wildman–Crippen LogP) is 13.6. The van der Waals surface area contributed by atoms with Crippen molar-refractivity contribution < 1.29 is 38.2 Å². The van der Waals surface area contributed by atoms with Gasteiger partial charge in [0.2, 0.25) is 0 Å². The van der Waals surface area contributed by atoms with Crippen molar-refractivity contribution in [3.63, 3.8) is 0 Å². The molecule has 0 radical (unpaired) electrons. The summed E-state index contributed by atoms with van der Waals surface area (Å²) in [5.74, 6) is -1.54. The number of carboxylic acids is 1. The number of unbranched alkanes of at least 4 members (excludes halogenated alkanes) is 9. The molecule has 0 aromatic carbocycles. The molecule has 0 heterocycles. The molecule has 2 unspecified atom stereocenters. The van der Waals surface area contributed by atoms with Gasteiger partial charge >= 0.3 is 17.9 Å². The van der Waals surface area contributed by atoms with Crippen molar-refractivity contribution in [1.29, 1.82) is 0 Å². The summed E-state index contributed by atoms with van der Waals surface area (Å²) in [6, 6.07) is -0.630. The molecule has 0 aliphatic heterocycles. The van der Waals surface area contributed by atoms with Crippen LogP contribution >= 0.6 is 0 Å². The minimum Gasteiger partial charge on any atom is -0.477 e. The second-order valence-corrected chi connectivity index (χ2v) is 16.6. The molecule has 0 bridgehead atoms. The number of ether oxygens (including phenoxy) is 3. The van der Waals surface area contributed by atoms with Crippen LogP contribution < -0.4 is 0 Å². The number of carboxylic acid groups (broad SMARTS) is 1. The monoisotopic (exact) mass is 863 g/mol. The van der Waals surface area contributed by atoms with Gasteiger partial charge in [-0.2, -0.15) is 0 Å². The maximum atomic E-state index is 12.8. The summed E-state index contributed by atoms with van der Waals surface area (Å²) in [6.07, 6.45) is 59.9. The van der Waals surface area contributed by atoms with Crippen LogP contribution in [0.4, 0.5) is 0 Å². The van der Waals surface area contributed by atoms with E-state index < -0.39 is 18.1 Å². The highest BCUT2D eigenvalue weighted by atomic mass is 16.6. The first kappa shape index (κ1) is 58.0. The van der Waals surface area contributed by atoms with E-state index in [0.29, 0.717) is 19.3 Å². The summed E-state index contributed by atoms with van der Waals surface area (Å²) in [7, 11) is 5.50. The summed E-state index contributed by atoms with van der Waals surface area (Å²) in [5, 5.41) is 9.64. The lowest BCUT2D eigenvalue weighted by Gasteiger charge is -2.31. The highest BCUT2D eigenvalue weighted by Crippen LogP contribution is 2.13. The van der Waals surface area contributed by atoms with Crippen LogP contribution in [0.5, 0.6) is 0 Å². The fourth-order valence-electron chi connectivity index (χ4n) is 6.28. The lowest BCUT2D eigenvalue weighted by Crippen LogP contribution is -2.50. The SMILES string of the molecule is CC/C=C/C/C=C/C/C=C/C/C=C/C/C=C/CCCCCC(=O)OCC(COCCC(C(=O)O)[N+](C)(C)C)OC(=O)CCCCCCCC/C=C/C/C=C/C/C=C/C/C=C/CC. The number of allylic oxidation sites excluding steroid dienone is 18. The Balaban J connectivity index is 4.41. The fourth-order valence-corrected chi connectivity index (χ4v) is 6.28. The molecule has 1 N–H and O–H groups in total. The van der Waals surface area contributed by atoms with Crippen LogP contribution in [0.15, 0.2) is 109 Å². The number of likely N-dealkylation sites (N-methyl/N-ethyl adjacent to an activating group) is 1. The second-order valence-electron chi connectivity index (χ2n) is 16.6. The van der Waals surface area contributed by atoms with E-state index in [1.54, 1.807) is 0 Å². The summed E-state index contributed by atoms with van der Waals surface area (Å²) in [5.41, 5.74) is 0. The van der Waals surface area contributed by atoms with Crippen molar-refractivity contribution >= 4 is 17.9 Å². The van der Waals surface area contributed by atoms with Gasteiger partial charge < -0.3 is 23.8 Å². The van der Waals surface area contributed by atoms with Gasteiger partial charge in [0.05, 0.1) is 34.4 Å². The molecule has 8 heteroatoms. The van der Waals surface area contributed by atoms with Crippen LogP contribution in [0.2, 0.25) is 0 Å². The average Bonchev–Trinajstić information content (AvgIpc) is 3.23. The maximum Gasteiger partial charge on any atom is 0.362 e. The smallest absolute Gasteiger partial charge is 0.362 e. The minimum atomic E-state index is -0.887. The van der Waals surface area contributed by atoms with E-state index >= 15 is 0 Å². The Kier molecular flexibility index (Phi) is 40.8. The Hall–Kier alpha value is -4.01. The third kappa shape index (κ3) is 41.3. The number of esters is 2. The van der Waals surface area contributed by atoms with Crippen LogP contribution in [-0.4, -0.2) is 80.6 Å². The lowest BCUT2D eigenvalue weighted by molar-refractivity contribution is -0.887. The van der Waals surface area contributed by atoms with E-state index in [9.17, 15) is 19.5 Å². The summed E-state index contributed by atoms with van der Waals surface area (Å²) >= 11 is 0. The molecular formula is C54H88NO7+. The first-order valence-electron chi connectivity index (χ1n) is 23.9. The third-order valence-corrected chi connectivity index (χ3v) is 9.92. The molecule has 0 amide bonds. The van der Waals surface area contributed by atoms with Crippen molar-refractivity contribution in [3.8, 4) is 0 Å². The number of aliphatic carboxylic acids is 1. The largest absolute Gasteiger partial charge is 0.477 e. The van der Waals surface area contributed by atoms with Gasteiger partial charge in [-0.15, -0.1) is 0 Å². The molecule has 0 aromatic rings. The van der Waals surface area contributed by atoms with E-state index in [-0.39, 0.29) is 36.2 Å². The molecule has 2 atom stereocenters. The van der Waals surface area contributed by atoms with Gasteiger partial charge in [0.1, 0.15) is 6.61 Å². The number of nitrogens with zero attached hydrogens (tertiary/aromatic N) is 1. The summed E-state index contributed by atoms with van der Waals surface area (Å²) in [6.45, 7) is 4.44. The Morgan fingerprint density at radius 1 is 0.484 bits per heavy atom. The number of carbonyl (C=O) groups excluding carboxylic acids is 2. The summed E-state index contributed by atoms with van der Waals surface area (Å²) in [4.78, 5) is 37.1. The zero-order valence-corrected chi connectivity index (χ0v) is 39.8. The zero-order valence-electron chi connectivity index (χ0n) is 39.8. The van der Waals surface area contributed by atoms with Crippen LogP contribution in [0.1, 0.15) is 162 Å². The molecule has 0 aliphatic rings. The van der Waals surface area contributed by atoms with Gasteiger partial charge in [-0.1, -0.05) is 155 Å². The molecule has 8 nitrogen and oxygen atoms in total. The predicted molar refractivity (Wildman–Crippen MR) is 261 cm³/mol. The minimum absolute atomic E-state index is 0.0367. The number of hydrogen-bond donors (Lipinski definition) is 1. The molecular weight excluding hydrogens is 775 g/mol. The van der Waals surface area contributed by atoms with E-state index in [2.05, 4.69) is 123 Å². The van der Waals surface area contributed by atoms with Crippen LogP contribution in [0.3, 0.4) is 0 Å². The van der Waals surface area contributed by atoms with E-state index in [0.717, 1.165) is 116 Å². The first-order chi connectivity index (χ1) is 30.1. The fraction of sp³-hybridized carbons (Fsp3) is 0.611. The molecule has 0 rings (SSSR count). The second kappa shape index (κ2) is 43.6. The Morgan fingerprint density at radius 3 is 1.27 bits per heavy atom. The van der Waals surface area contributed by atoms with Crippen molar-refractivity contribution in [3.05, 3.63) is 109 Å². The maximum absolute atomic E-state index is 12.8. The number of quaternary nitrogens is 1. The van der Waals surface area contributed by atoms with Gasteiger partial charge in [0, 0.05) is 19.3 Å². The van der Waals surface area contributed by atoms with Gasteiger partial charge in [0.15, 0.2) is 12.1 Å². The van der Waals surface area contributed by atoms with Crippen molar-refractivity contribution in [2.24, 2.45) is 0 Å². The molecule has 62 heavy (non-hydrogen) atoms. The number of carbonyl (C=O) groups is 3. The van der Waals surface area contributed by atoms with Gasteiger partial charge in [-0.25, -0.2) is 4.79 Å². The quantitative estimate of drug-likeness (QED) is 0.0283. The molecule has 0 saturated heterocycles. The van der Waals surface area contributed by atoms with E-state index in [1.807, 2.05) is 21.1 Å². The average molecular weight is 863 g/mol. The number of hydrogen-bond acceptors (Lipinski definition) is 6. The molecule has 0 fully saturated rings. The van der Waals surface area contributed by atoms with E-state index in [1.165, 1.54) is 12.8 Å². The normalized spacial score (nSPS) is 13.9. The molecule has 350 valence electrons. The van der Waals surface area contributed by atoms with Crippen molar-refractivity contribution in [1.82, 2.24) is 0 Å². The van der Waals surface area contributed by atoms with Gasteiger partial charge in [-0.05, 0) is 96.3 Å².